The Labute approximate surface area is 180 Å². The summed E-state index contributed by atoms with van der Waals surface area (Å²) in [6, 6.07) is 8.02. The molecule has 0 radical (unpaired) electrons. The number of amides is 2. The quantitative estimate of drug-likeness (QED) is 0.762. The van der Waals surface area contributed by atoms with Crippen LogP contribution >= 0.6 is 0 Å². The summed E-state index contributed by atoms with van der Waals surface area (Å²) in [5.74, 6) is 1.21. The van der Waals surface area contributed by atoms with Gasteiger partial charge in [0.25, 0.3) is 5.91 Å². The molecule has 3 aliphatic rings. The number of rotatable bonds is 4. The summed E-state index contributed by atoms with van der Waals surface area (Å²) >= 11 is 0. The summed E-state index contributed by atoms with van der Waals surface area (Å²) in [4.78, 5) is 32.3. The van der Waals surface area contributed by atoms with Crippen LogP contribution in [0.4, 0.5) is 0 Å². The van der Waals surface area contributed by atoms with Crippen molar-refractivity contribution in [2.45, 2.75) is 39.2 Å². The van der Waals surface area contributed by atoms with Gasteiger partial charge >= 0.3 is 0 Å². The lowest BCUT2D eigenvalue weighted by atomic mass is 9.92. The predicted octanol–water partition coefficient (Wildman–Crippen LogP) is 2.63. The molecular formula is C24H35N3O3. The van der Waals surface area contributed by atoms with Crippen molar-refractivity contribution in [2.24, 2.45) is 11.8 Å². The normalized spacial score (nSPS) is 22.3. The molecule has 6 heteroatoms. The Morgan fingerprint density at radius 3 is 2.30 bits per heavy atom. The van der Waals surface area contributed by atoms with Gasteiger partial charge < -0.3 is 14.5 Å². The van der Waals surface area contributed by atoms with Crippen LogP contribution in [0.15, 0.2) is 24.3 Å². The fourth-order valence-corrected chi connectivity index (χ4v) is 4.82. The number of piperidine rings is 2. The minimum atomic E-state index is 0.0788. The predicted molar refractivity (Wildman–Crippen MR) is 116 cm³/mol. The van der Waals surface area contributed by atoms with Gasteiger partial charge in [0, 0.05) is 57.3 Å². The van der Waals surface area contributed by atoms with E-state index in [2.05, 4.69) is 22.8 Å². The van der Waals surface area contributed by atoms with E-state index in [-0.39, 0.29) is 11.8 Å². The summed E-state index contributed by atoms with van der Waals surface area (Å²) in [7, 11) is 0. The van der Waals surface area contributed by atoms with Crippen LogP contribution in [0.2, 0.25) is 0 Å². The van der Waals surface area contributed by atoms with E-state index in [4.69, 9.17) is 4.74 Å². The molecule has 0 N–H and O–H groups in total. The van der Waals surface area contributed by atoms with Gasteiger partial charge in [0.15, 0.2) is 0 Å². The molecule has 30 heavy (non-hydrogen) atoms. The van der Waals surface area contributed by atoms with Crippen LogP contribution in [0.1, 0.15) is 48.5 Å². The monoisotopic (exact) mass is 413 g/mol. The molecule has 3 heterocycles. The van der Waals surface area contributed by atoms with Gasteiger partial charge in [-0.3, -0.25) is 14.5 Å². The topological polar surface area (TPSA) is 53.1 Å². The molecule has 0 bridgehead atoms. The molecule has 0 saturated carbocycles. The highest BCUT2D eigenvalue weighted by atomic mass is 16.5. The summed E-state index contributed by atoms with van der Waals surface area (Å²) in [5.41, 5.74) is 1.93. The third-order valence-corrected chi connectivity index (χ3v) is 6.91. The molecule has 1 aromatic rings. The Morgan fingerprint density at radius 1 is 0.933 bits per heavy atom. The average molecular weight is 414 g/mol. The Balaban J connectivity index is 1.29. The molecular weight excluding hydrogens is 378 g/mol. The summed E-state index contributed by atoms with van der Waals surface area (Å²) in [5, 5.41) is 0. The van der Waals surface area contributed by atoms with Crippen molar-refractivity contribution >= 4 is 11.8 Å². The van der Waals surface area contributed by atoms with Gasteiger partial charge in [0.1, 0.15) is 0 Å². The summed E-state index contributed by atoms with van der Waals surface area (Å²) < 4.78 is 5.42. The van der Waals surface area contributed by atoms with Gasteiger partial charge in [-0.15, -0.1) is 0 Å². The number of hydrogen-bond acceptors (Lipinski definition) is 4. The number of likely N-dealkylation sites (tertiary alicyclic amines) is 2. The highest BCUT2D eigenvalue weighted by Crippen LogP contribution is 2.24. The smallest absolute Gasteiger partial charge is 0.253 e. The number of morpholine rings is 1. The van der Waals surface area contributed by atoms with E-state index < -0.39 is 0 Å². The van der Waals surface area contributed by atoms with Crippen molar-refractivity contribution in [3.8, 4) is 0 Å². The van der Waals surface area contributed by atoms with Crippen molar-refractivity contribution in [1.29, 1.82) is 0 Å². The van der Waals surface area contributed by atoms with Gasteiger partial charge in [-0.2, -0.15) is 0 Å². The van der Waals surface area contributed by atoms with Crippen molar-refractivity contribution in [2.75, 3.05) is 52.5 Å². The molecule has 0 atom stereocenters. The molecule has 0 unspecified atom stereocenters. The van der Waals surface area contributed by atoms with Crippen LogP contribution in [0, 0.1) is 11.8 Å². The number of ether oxygens (including phenoxy) is 1. The number of carbonyl (C=O) groups is 2. The third kappa shape index (κ3) is 5.22. The van der Waals surface area contributed by atoms with Crippen LogP contribution in [0.25, 0.3) is 0 Å². The zero-order valence-electron chi connectivity index (χ0n) is 18.2. The van der Waals surface area contributed by atoms with E-state index in [0.717, 1.165) is 83.1 Å². The highest BCUT2D eigenvalue weighted by Gasteiger charge is 2.31. The van der Waals surface area contributed by atoms with E-state index in [1.807, 2.05) is 23.1 Å². The van der Waals surface area contributed by atoms with Crippen LogP contribution in [-0.2, 0) is 16.1 Å². The highest BCUT2D eigenvalue weighted by molar-refractivity contribution is 5.94. The first-order chi connectivity index (χ1) is 14.6. The van der Waals surface area contributed by atoms with Crippen LogP contribution < -0.4 is 0 Å². The lowest BCUT2D eigenvalue weighted by molar-refractivity contribution is -0.138. The Hall–Kier alpha value is -1.92. The molecule has 3 aliphatic heterocycles. The molecule has 6 nitrogen and oxygen atoms in total. The number of hydrogen-bond donors (Lipinski definition) is 0. The molecule has 0 aliphatic carbocycles. The van der Waals surface area contributed by atoms with Gasteiger partial charge in [-0.05, 0) is 49.3 Å². The van der Waals surface area contributed by atoms with Crippen LogP contribution in [0.5, 0.6) is 0 Å². The fourth-order valence-electron chi connectivity index (χ4n) is 4.82. The second-order valence-electron chi connectivity index (χ2n) is 9.16. The van der Waals surface area contributed by atoms with Gasteiger partial charge in [-0.1, -0.05) is 19.1 Å². The van der Waals surface area contributed by atoms with Crippen molar-refractivity contribution in [3.05, 3.63) is 35.4 Å². The lowest BCUT2D eigenvalue weighted by Crippen LogP contribution is -2.46. The van der Waals surface area contributed by atoms with Crippen LogP contribution in [0.3, 0.4) is 0 Å². The Kier molecular flexibility index (Phi) is 7.05. The van der Waals surface area contributed by atoms with E-state index >= 15 is 0 Å². The lowest BCUT2D eigenvalue weighted by Gasteiger charge is -2.36. The van der Waals surface area contributed by atoms with Gasteiger partial charge in [0.2, 0.25) is 5.91 Å². The minimum absolute atomic E-state index is 0.0788. The minimum Gasteiger partial charge on any atom is -0.379 e. The molecule has 2 amide bonds. The molecule has 164 valence electrons. The maximum absolute atomic E-state index is 13.1. The molecule has 3 saturated heterocycles. The van der Waals surface area contributed by atoms with Gasteiger partial charge in [0.05, 0.1) is 13.2 Å². The number of nitrogens with zero attached hydrogens (tertiary/aromatic N) is 3. The zero-order valence-corrected chi connectivity index (χ0v) is 18.2. The summed E-state index contributed by atoms with van der Waals surface area (Å²) in [6.45, 7) is 9.71. The zero-order chi connectivity index (χ0) is 20.9. The second-order valence-corrected chi connectivity index (χ2v) is 9.16. The second kappa shape index (κ2) is 9.92. The first-order valence-electron chi connectivity index (χ1n) is 11.6. The van der Waals surface area contributed by atoms with E-state index in [9.17, 15) is 9.59 Å². The summed E-state index contributed by atoms with van der Waals surface area (Å²) in [6.07, 6.45) is 3.79. The fraction of sp³-hybridized carbons (Fsp3) is 0.667. The van der Waals surface area contributed by atoms with E-state index in [1.54, 1.807) is 0 Å². The first-order valence-corrected chi connectivity index (χ1v) is 11.6. The molecule has 0 aromatic heterocycles. The molecule has 3 fully saturated rings. The van der Waals surface area contributed by atoms with E-state index in [1.165, 1.54) is 5.56 Å². The van der Waals surface area contributed by atoms with Crippen LogP contribution in [-0.4, -0.2) is 79.0 Å². The maximum atomic E-state index is 13.1. The molecule has 1 aromatic carbocycles. The van der Waals surface area contributed by atoms with Crippen molar-refractivity contribution in [1.82, 2.24) is 14.7 Å². The SMILES string of the molecule is CC1CCN(C(=O)C2CCN(C(=O)c3cccc(CN4CCOCC4)c3)CC2)CC1. The Bertz CT molecular complexity index is 731. The van der Waals surface area contributed by atoms with E-state index in [0.29, 0.717) is 19.0 Å². The largest absolute Gasteiger partial charge is 0.379 e. The Morgan fingerprint density at radius 2 is 1.60 bits per heavy atom. The first kappa shape index (κ1) is 21.3. The maximum Gasteiger partial charge on any atom is 0.253 e. The standard InChI is InChI=1S/C24H35N3O3/c1-19-5-9-26(10-6-19)23(28)21-7-11-27(12-8-21)24(29)22-4-2-3-20(17-22)18-25-13-15-30-16-14-25/h2-4,17,19,21H,5-16,18H2,1H3. The average Bonchev–Trinajstić information content (AvgIpc) is 2.80. The van der Waals surface area contributed by atoms with Gasteiger partial charge in [-0.25, -0.2) is 0 Å². The third-order valence-electron chi connectivity index (χ3n) is 6.91. The molecule has 4 rings (SSSR count). The number of benzene rings is 1. The van der Waals surface area contributed by atoms with Crippen molar-refractivity contribution < 1.29 is 14.3 Å². The van der Waals surface area contributed by atoms with Crippen molar-refractivity contribution in [3.63, 3.8) is 0 Å². The number of carbonyl (C=O) groups excluding carboxylic acids is 2. The molecule has 0 spiro atoms.